The molecule has 1 aromatic carbocycles. The van der Waals surface area contributed by atoms with Crippen molar-refractivity contribution in [1.82, 2.24) is 5.32 Å². The highest BCUT2D eigenvalue weighted by Crippen LogP contribution is 2.36. The molecule has 2 unspecified atom stereocenters. The summed E-state index contributed by atoms with van der Waals surface area (Å²) in [6, 6.07) is 5.96. The van der Waals surface area contributed by atoms with E-state index in [9.17, 15) is 9.90 Å². The van der Waals surface area contributed by atoms with E-state index in [1.807, 2.05) is 0 Å². The van der Waals surface area contributed by atoms with Gasteiger partial charge in [-0.05, 0) is 37.8 Å². The van der Waals surface area contributed by atoms with E-state index in [2.05, 4.69) is 5.32 Å². The maximum atomic E-state index is 11.3. The average Bonchev–Trinajstić information content (AvgIpc) is 2.78. The van der Waals surface area contributed by atoms with Gasteiger partial charge in [0, 0.05) is 12.1 Å². The number of hydrogen-bond acceptors (Lipinski definition) is 4. The summed E-state index contributed by atoms with van der Waals surface area (Å²) in [5.74, 6) is -0.152. The summed E-state index contributed by atoms with van der Waals surface area (Å²) < 4.78 is 11.2. The minimum Gasteiger partial charge on any atom is -0.493 e. The van der Waals surface area contributed by atoms with Crippen LogP contribution < -0.4 is 14.8 Å². The number of piperidine rings is 1. The molecule has 2 aliphatic heterocycles. The summed E-state index contributed by atoms with van der Waals surface area (Å²) in [7, 11) is 1.53. The predicted octanol–water partition coefficient (Wildman–Crippen LogP) is 2.06. The van der Waals surface area contributed by atoms with Crippen LogP contribution in [0.15, 0.2) is 18.2 Å². The molecule has 2 atom stereocenters. The Morgan fingerprint density at radius 2 is 2.00 bits per heavy atom. The molecule has 2 N–H and O–H groups in total. The first-order chi connectivity index (χ1) is 9.67. The third-order valence-corrected chi connectivity index (χ3v) is 4.14. The molecule has 2 saturated heterocycles. The summed E-state index contributed by atoms with van der Waals surface area (Å²) in [4.78, 5) is 11.3. The lowest BCUT2D eigenvalue weighted by atomic mass is 10.0. The topological polar surface area (TPSA) is 67.8 Å². The molecule has 2 bridgehead atoms. The highest BCUT2D eigenvalue weighted by Gasteiger charge is 2.35. The van der Waals surface area contributed by atoms with Gasteiger partial charge in [-0.3, -0.25) is 0 Å². The van der Waals surface area contributed by atoms with Crippen LogP contribution in [-0.2, 0) is 0 Å². The van der Waals surface area contributed by atoms with Gasteiger partial charge in [-0.25, -0.2) is 4.79 Å². The van der Waals surface area contributed by atoms with Crippen LogP contribution in [0, 0.1) is 0 Å². The van der Waals surface area contributed by atoms with Crippen molar-refractivity contribution < 1.29 is 19.4 Å². The van der Waals surface area contributed by atoms with Gasteiger partial charge in [0.2, 0.25) is 0 Å². The molecule has 1 aromatic rings. The van der Waals surface area contributed by atoms with Crippen LogP contribution in [0.4, 0.5) is 0 Å². The fourth-order valence-electron chi connectivity index (χ4n) is 3.23. The number of para-hydroxylation sites is 1. The lowest BCUT2D eigenvalue weighted by Gasteiger charge is -2.30. The van der Waals surface area contributed by atoms with Crippen molar-refractivity contribution in [1.29, 1.82) is 0 Å². The molecule has 2 heterocycles. The molecular weight excluding hydrogens is 258 g/mol. The van der Waals surface area contributed by atoms with Crippen molar-refractivity contribution in [2.24, 2.45) is 0 Å². The Kier molecular flexibility index (Phi) is 3.53. The number of carbonyl (C=O) groups is 1. The summed E-state index contributed by atoms with van der Waals surface area (Å²) >= 11 is 0. The van der Waals surface area contributed by atoms with E-state index >= 15 is 0 Å². The van der Waals surface area contributed by atoms with Crippen molar-refractivity contribution >= 4 is 5.97 Å². The van der Waals surface area contributed by atoms with E-state index in [4.69, 9.17) is 9.47 Å². The number of carboxylic acid groups (broad SMARTS) is 1. The number of aromatic carboxylic acids is 1. The molecule has 2 fully saturated rings. The number of rotatable bonds is 4. The van der Waals surface area contributed by atoms with Crippen molar-refractivity contribution in [3.8, 4) is 11.5 Å². The highest BCUT2D eigenvalue weighted by atomic mass is 16.5. The predicted molar refractivity (Wildman–Crippen MR) is 73.5 cm³/mol. The Hall–Kier alpha value is -1.75. The Morgan fingerprint density at radius 1 is 1.30 bits per heavy atom. The second-order valence-corrected chi connectivity index (χ2v) is 5.49. The lowest BCUT2D eigenvalue weighted by molar-refractivity contribution is 0.0682. The van der Waals surface area contributed by atoms with E-state index in [0.29, 0.717) is 23.6 Å². The number of methoxy groups -OCH3 is 1. The van der Waals surface area contributed by atoms with Crippen LogP contribution in [0.1, 0.15) is 36.0 Å². The maximum absolute atomic E-state index is 11.3. The zero-order valence-corrected chi connectivity index (χ0v) is 11.5. The number of benzene rings is 1. The van der Waals surface area contributed by atoms with Gasteiger partial charge in [-0.15, -0.1) is 0 Å². The lowest BCUT2D eigenvalue weighted by Crippen LogP contribution is -2.42. The fraction of sp³-hybridized carbons (Fsp3) is 0.533. The van der Waals surface area contributed by atoms with Gasteiger partial charge in [0.25, 0.3) is 0 Å². The van der Waals surface area contributed by atoms with Gasteiger partial charge in [0.1, 0.15) is 11.7 Å². The summed E-state index contributed by atoms with van der Waals surface area (Å²) in [6.45, 7) is 0. The molecule has 0 aromatic heterocycles. The van der Waals surface area contributed by atoms with E-state index < -0.39 is 5.97 Å². The van der Waals surface area contributed by atoms with Gasteiger partial charge in [-0.2, -0.15) is 0 Å². The molecule has 0 radical (unpaired) electrons. The first-order valence-electron chi connectivity index (χ1n) is 7.00. The van der Waals surface area contributed by atoms with Gasteiger partial charge in [-0.1, -0.05) is 6.07 Å². The maximum Gasteiger partial charge on any atom is 0.339 e. The molecule has 5 nitrogen and oxygen atoms in total. The summed E-state index contributed by atoms with van der Waals surface area (Å²) in [5.41, 5.74) is 0.162. The number of fused-ring (bicyclic) bond motifs is 2. The van der Waals surface area contributed by atoms with Crippen molar-refractivity contribution in [2.75, 3.05) is 7.11 Å². The molecule has 20 heavy (non-hydrogen) atoms. The smallest absolute Gasteiger partial charge is 0.339 e. The second-order valence-electron chi connectivity index (χ2n) is 5.49. The van der Waals surface area contributed by atoms with Crippen LogP contribution in [-0.4, -0.2) is 36.4 Å². The fourth-order valence-corrected chi connectivity index (χ4v) is 3.23. The largest absolute Gasteiger partial charge is 0.493 e. The van der Waals surface area contributed by atoms with Crippen LogP contribution in [0.3, 0.4) is 0 Å². The summed E-state index contributed by atoms with van der Waals surface area (Å²) in [5, 5.41) is 12.8. The first-order valence-corrected chi connectivity index (χ1v) is 7.00. The van der Waals surface area contributed by atoms with E-state index in [0.717, 1.165) is 12.8 Å². The molecule has 3 rings (SSSR count). The van der Waals surface area contributed by atoms with Crippen LogP contribution in [0.25, 0.3) is 0 Å². The second kappa shape index (κ2) is 5.32. The van der Waals surface area contributed by atoms with Crippen molar-refractivity contribution in [3.63, 3.8) is 0 Å². The molecule has 0 amide bonds. The van der Waals surface area contributed by atoms with Crippen LogP contribution in [0.5, 0.6) is 11.5 Å². The van der Waals surface area contributed by atoms with Crippen LogP contribution >= 0.6 is 0 Å². The zero-order valence-electron chi connectivity index (χ0n) is 11.5. The van der Waals surface area contributed by atoms with E-state index in [-0.39, 0.29) is 11.7 Å². The monoisotopic (exact) mass is 277 g/mol. The SMILES string of the molecule is COc1cccc(C(=O)O)c1OC1CC2CCC(C1)N2. The molecule has 0 aliphatic carbocycles. The van der Waals surface area contributed by atoms with Gasteiger partial charge < -0.3 is 19.9 Å². The zero-order chi connectivity index (χ0) is 14.1. The number of nitrogens with one attached hydrogen (secondary N) is 1. The van der Waals surface area contributed by atoms with E-state index in [1.54, 1.807) is 18.2 Å². The number of hydrogen-bond donors (Lipinski definition) is 2. The first kappa shape index (κ1) is 13.2. The average molecular weight is 277 g/mol. The molecule has 108 valence electrons. The van der Waals surface area contributed by atoms with Crippen molar-refractivity contribution in [2.45, 2.75) is 43.9 Å². The minimum atomic E-state index is -0.990. The van der Waals surface area contributed by atoms with Gasteiger partial charge in [0.15, 0.2) is 11.5 Å². The van der Waals surface area contributed by atoms with Gasteiger partial charge >= 0.3 is 5.97 Å². The molecule has 0 spiro atoms. The Morgan fingerprint density at radius 3 is 2.60 bits per heavy atom. The summed E-state index contributed by atoms with van der Waals surface area (Å²) in [6.07, 6.45) is 4.27. The molecule has 2 aliphatic rings. The highest BCUT2D eigenvalue weighted by molar-refractivity contribution is 5.92. The number of ether oxygens (including phenoxy) is 2. The normalized spacial score (nSPS) is 28.1. The molecule has 0 saturated carbocycles. The Labute approximate surface area is 117 Å². The third kappa shape index (κ3) is 2.45. The molecule has 5 heteroatoms. The van der Waals surface area contributed by atoms with Crippen LogP contribution in [0.2, 0.25) is 0 Å². The standard InChI is InChI=1S/C15H19NO4/c1-19-13-4-2-3-12(15(17)18)14(13)20-11-7-9-5-6-10(8-11)16-9/h2-4,9-11,16H,5-8H2,1H3,(H,17,18). The minimum absolute atomic E-state index is 0.0585. The van der Waals surface area contributed by atoms with Crippen molar-refractivity contribution in [3.05, 3.63) is 23.8 Å². The quantitative estimate of drug-likeness (QED) is 0.881. The number of carboxylic acids is 1. The Bertz CT molecular complexity index is 505. The van der Waals surface area contributed by atoms with Gasteiger partial charge in [0.05, 0.1) is 7.11 Å². The Balaban J connectivity index is 1.84. The third-order valence-electron chi connectivity index (χ3n) is 4.14. The van der Waals surface area contributed by atoms with E-state index in [1.165, 1.54) is 20.0 Å². The molecular formula is C15H19NO4.